The number of rotatable bonds is 14. The zero-order valence-electron chi connectivity index (χ0n) is 26.9. The van der Waals surface area contributed by atoms with E-state index in [0.717, 1.165) is 60.1 Å². The molecule has 0 aliphatic rings. The summed E-state index contributed by atoms with van der Waals surface area (Å²) in [6, 6.07) is 15.7. The average Bonchev–Trinajstić information content (AvgIpc) is 2.91. The summed E-state index contributed by atoms with van der Waals surface area (Å²) in [5.41, 5.74) is -1.25. The Labute approximate surface area is 252 Å². The second kappa shape index (κ2) is 14.8. The number of unbranched alkanes of at least 4 members (excludes halogenated alkanes) is 4. The first-order chi connectivity index (χ1) is 19.8. The fourth-order valence-corrected chi connectivity index (χ4v) is 4.93. The van der Waals surface area contributed by atoms with Gasteiger partial charge in [0.05, 0.1) is 0 Å². The number of fused-ring (bicyclic) bond motifs is 2. The van der Waals surface area contributed by atoms with Crippen molar-refractivity contribution in [3.05, 3.63) is 48.5 Å². The van der Waals surface area contributed by atoms with E-state index in [0.29, 0.717) is 24.3 Å². The van der Waals surface area contributed by atoms with E-state index in [4.69, 9.17) is 18.9 Å². The third kappa shape index (κ3) is 9.37. The van der Waals surface area contributed by atoms with E-state index in [1.807, 2.05) is 90.1 Å². The molecule has 3 aromatic carbocycles. The lowest BCUT2D eigenvalue weighted by Crippen LogP contribution is -2.36. The van der Waals surface area contributed by atoms with Gasteiger partial charge < -0.3 is 18.9 Å². The van der Waals surface area contributed by atoms with E-state index in [-0.39, 0.29) is 11.9 Å². The molecule has 2 unspecified atom stereocenters. The van der Waals surface area contributed by atoms with Crippen LogP contribution in [0.5, 0.6) is 11.5 Å². The number of carbonyl (C=O) groups excluding carboxylic acids is 2. The first-order valence-corrected chi connectivity index (χ1v) is 15.6. The number of esters is 2. The van der Waals surface area contributed by atoms with E-state index in [2.05, 4.69) is 13.8 Å². The van der Waals surface area contributed by atoms with E-state index in [1.54, 1.807) is 0 Å². The van der Waals surface area contributed by atoms with Crippen LogP contribution in [0.25, 0.3) is 21.5 Å². The molecular formula is C36H50O6. The average molecular weight is 579 g/mol. The molecule has 230 valence electrons. The van der Waals surface area contributed by atoms with Crippen molar-refractivity contribution in [2.24, 2.45) is 0 Å². The summed E-state index contributed by atoms with van der Waals surface area (Å²) in [6.07, 6.45) is 5.40. The lowest BCUT2D eigenvalue weighted by molar-refractivity contribution is -0.164. The molecule has 0 amide bonds. The Morgan fingerprint density at radius 2 is 0.881 bits per heavy atom. The maximum atomic E-state index is 13.3. The van der Waals surface area contributed by atoms with Crippen LogP contribution in [0.3, 0.4) is 0 Å². The zero-order chi connectivity index (χ0) is 30.9. The van der Waals surface area contributed by atoms with Crippen LogP contribution in [-0.2, 0) is 19.1 Å². The van der Waals surface area contributed by atoms with Gasteiger partial charge in [0, 0.05) is 21.5 Å². The van der Waals surface area contributed by atoms with Gasteiger partial charge >= 0.3 is 11.9 Å². The van der Waals surface area contributed by atoms with Gasteiger partial charge in [0.15, 0.2) is 12.2 Å². The summed E-state index contributed by atoms with van der Waals surface area (Å²) < 4.78 is 24.8. The van der Waals surface area contributed by atoms with Crippen molar-refractivity contribution >= 4 is 33.5 Å². The number of benzene rings is 3. The minimum Gasteiger partial charge on any atom is -0.477 e. The lowest BCUT2D eigenvalue weighted by atomic mass is 10.00. The Bertz CT molecular complexity index is 1170. The molecule has 0 spiro atoms. The van der Waals surface area contributed by atoms with E-state index < -0.39 is 23.4 Å². The molecule has 0 aliphatic heterocycles. The monoisotopic (exact) mass is 578 g/mol. The van der Waals surface area contributed by atoms with Crippen molar-refractivity contribution in [1.82, 2.24) is 0 Å². The smallest absolute Gasteiger partial charge is 0.347 e. The highest BCUT2D eigenvalue weighted by Crippen LogP contribution is 2.44. The van der Waals surface area contributed by atoms with Crippen LogP contribution < -0.4 is 9.47 Å². The summed E-state index contributed by atoms with van der Waals surface area (Å²) in [7, 11) is 0. The van der Waals surface area contributed by atoms with Gasteiger partial charge in [0.1, 0.15) is 22.7 Å². The standard InChI is InChI=1S/C36H50O6/c1-9-11-13-23-29(33(37)41-35(3,4)5)39-31-25-19-15-17-21-27(25)32(28-22-18-16-20-26(28)31)40-30(24-14-12-10-2)34(38)42-36(6,7)8/h15-22,29-30H,9-14,23-24H2,1-8H3. The first-order valence-electron chi connectivity index (χ1n) is 15.6. The number of carbonyl (C=O) groups is 2. The summed E-state index contributed by atoms with van der Waals surface area (Å²) >= 11 is 0. The molecule has 6 heteroatoms. The van der Waals surface area contributed by atoms with Crippen molar-refractivity contribution in [2.45, 2.75) is 130 Å². The number of ether oxygens (including phenoxy) is 4. The third-order valence-electron chi connectivity index (χ3n) is 6.83. The molecule has 0 aliphatic carbocycles. The van der Waals surface area contributed by atoms with Crippen LogP contribution >= 0.6 is 0 Å². The van der Waals surface area contributed by atoms with Crippen LogP contribution in [-0.4, -0.2) is 35.3 Å². The Hall–Kier alpha value is -3.28. The highest BCUT2D eigenvalue weighted by atomic mass is 16.6. The molecular weight excluding hydrogens is 528 g/mol. The van der Waals surface area contributed by atoms with Crippen molar-refractivity contribution < 1.29 is 28.5 Å². The maximum absolute atomic E-state index is 13.3. The lowest BCUT2D eigenvalue weighted by Gasteiger charge is -2.27. The predicted molar refractivity (Wildman–Crippen MR) is 170 cm³/mol. The van der Waals surface area contributed by atoms with Gasteiger partial charge in [0.2, 0.25) is 0 Å². The first kappa shape index (κ1) is 33.2. The van der Waals surface area contributed by atoms with Crippen LogP contribution in [0.2, 0.25) is 0 Å². The zero-order valence-corrected chi connectivity index (χ0v) is 26.9. The van der Waals surface area contributed by atoms with Crippen LogP contribution in [0.15, 0.2) is 48.5 Å². The Morgan fingerprint density at radius 3 is 1.14 bits per heavy atom. The molecule has 3 rings (SSSR count). The molecule has 3 aromatic rings. The van der Waals surface area contributed by atoms with Crippen molar-refractivity contribution in [2.75, 3.05) is 0 Å². The minimum absolute atomic E-state index is 0.368. The SMILES string of the molecule is CCCCCC(Oc1c2ccccc2c(OC(CCCCC)C(=O)OC(C)(C)C)c2ccccc12)C(=O)OC(C)(C)C. The van der Waals surface area contributed by atoms with Gasteiger partial charge in [-0.3, -0.25) is 0 Å². The third-order valence-corrected chi connectivity index (χ3v) is 6.83. The molecule has 0 heterocycles. The largest absolute Gasteiger partial charge is 0.477 e. The molecule has 0 radical (unpaired) electrons. The van der Waals surface area contributed by atoms with Crippen LogP contribution in [0.1, 0.15) is 107 Å². The summed E-state index contributed by atoms with van der Waals surface area (Å²) in [5, 5.41) is 3.25. The predicted octanol–water partition coefficient (Wildman–Crippen LogP) is 9.33. The second-order valence-corrected chi connectivity index (χ2v) is 13.0. The fourth-order valence-electron chi connectivity index (χ4n) is 4.93. The molecule has 2 atom stereocenters. The summed E-state index contributed by atoms with van der Waals surface area (Å²) in [6.45, 7) is 15.5. The highest BCUT2D eigenvalue weighted by molar-refractivity contribution is 6.11. The van der Waals surface area contributed by atoms with Gasteiger partial charge in [-0.15, -0.1) is 0 Å². The summed E-state index contributed by atoms with van der Waals surface area (Å²) in [4.78, 5) is 26.7. The van der Waals surface area contributed by atoms with Crippen molar-refractivity contribution in [3.8, 4) is 11.5 Å². The molecule has 0 saturated heterocycles. The molecule has 0 N–H and O–H groups in total. The molecule has 0 saturated carbocycles. The Balaban J connectivity index is 2.13. The Morgan fingerprint density at radius 1 is 0.571 bits per heavy atom. The van der Waals surface area contributed by atoms with Crippen molar-refractivity contribution in [1.29, 1.82) is 0 Å². The van der Waals surface area contributed by atoms with Crippen molar-refractivity contribution in [3.63, 3.8) is 0 Å². The normalized spacial score (nSPS) is 13.5. The summed E-state index contributed by atoms with van der Waals surface area (Å²) in [5.74, 6) is 0.488. The molecule has 6 nitrogen and oxygen atoms in total. The van der Waals surface area contributed by atoms with Crippen LogP contribution in [0.4, 0.5) is 0 Å². The van der Waals surface area contributed by atoms with E-state index in [1.165, 1.54) is 0 Å². The fraction of sp³-hybridized carbons (Fsp3) is 0.556. The topological polar surface area (TPSA) is 71.1 Å². The highest BCUT2D eigenvalue weighted by Gasteiger charge is 2.31. The maximum Gasteiger partial charge on any atom is 0.347 e. The number of hydrogen-bond acceptors (Lipinski definition) is 6. The Kier molecular flexibility index (Phi) is 11.7. The minimum atomic E-state index is -0.752. The van der Waals surface area contributed by atoms with E-state index in [9.17, 15) is 9.59 Å². The van der Waals surface area contributed by atoms with Crippen LogP contribution in [0, 0.1) is 0 Å². The molecule has 0 fully saturated rings. The van der Waals surface area contributed by atoms with Gasteiger partial charge in [-0.25, -0.2) is 9.59 Å². The van der Waals surface area contributed by atoms with Gasteiger partial charge in [-0.05, 0) is 67.2 Å². The molecule has 42 heavy (non-hydrogen) atoms. The number of hydrogen-bond donors (Lipinski definition) is 0. The second-order valence-electron chi connectivity index (χ2n) is 13.0. The van der Waals surface area contributed by atoms with Gasteiger partial charge in [-0.2, -0.15) is 0 Å². The van der Waals surface area contributed by atoms with E-state index >= 15 is 0 Å². The quantitative estimate of drug-likeness (QED) is 0.108. The molecule has 0 bridgehead atoms. The van der Waals surface area contributed by atoms with Gasteiger partial charge in [0.25, 0.3) is 0 Å². The van der Waals surface area contributed by atoms with Gasteiger partial charge in [-0.1, -0.05) is 88.1 Å². The molecule has 0 aromatic heterocycles.